The van der Waals surface area contributed by atoms with Crippen LogP contribution in [0.2, 0.25) is 0 Å². The average molecular weight is 395 g/mol. The third-order valence-corrected chi connectivity index (χ3v) is 5.90. The molecule has 3 aromatic rings. The first-order valence-corrected chi connectivity index (χ1v) is 10.00. The van der Waals surface area contributed by atoms with Gasteiger partial charge >= 0.3 is 0 Å². The minimum Gasteiger partial charge on any atom is -0.378 e. The van der Waals surface area contributed by atoms with Gasteiger partial charge in [-0.25, -0.2) is 0 Å². The van der Waals surface area contributed by atoms with Gasteiger partial charge in [-0.2, -0.15) is 0 Å². The number of ether oxygens (including phenoxy) is 1. The van der Waals surface area contributed by atoms with Crippen LogP contribution in [0.15, 0.2) is 60.0 Å². The maximum absolute atomic E-state index is 13.3. The molecule has 0 spiro atoms. The second kappa shape index (κ2) is 8.53. The second-order valence-corrected chi connectivity index (χ2v) is 7.53. The Balaban J connectivity index is 1.63. The van der Waals surface area contributed by atoms with Crippen LogP contribution in [0.1, 0.15) is 10.8 Å². The molecule has 1 aliphatic heterocycles. The molecule has 1 amide bonds. The smallest absolute Gasteiger partial charge is 0.240 e. The molecule has 144 valence electrons. The zero-order chi connectivity index (χ0) is 19.3. The van der Waals surface area contributed by atoms with E-state index in [9.17, 15) is 4.79 Å². The lowest BCUT2D eigenvalue weighted by molar-refractivity contribution is -0.134. The summed E-state index contributed by atoms with van der Waals surface area (Å²) in [6.07, 6.45) is 3.48. The van der Waals surface area contributed by atoms with E-state index >= 15 is 0 Å². The van der Waals surface area contributed by atoms with E-state index in [0.717, 1.165) is 17.0 Å². The fraction of sp³-hybridized carbons (Fsp3) is 0.300. The van der Waals surface area contributed by atoms with Crippen LogP contribution in [-0.2, 0) is 16.6 Å². The molecule has 28 heavy (non-hydrogen) atoms. The van der Waals surface area contributed by atoms with Crippen LogP contribution in [0.5, 0.6) is 0 Å². The van der Waals surface area contributed by atoms with E-state index in [-0.39, 0.29) is 11.2 Å². The Labute approximate surface area is 167 Å². The van der Waals surface area contributed by atoms with Gasteiger partial charge in [-0.05, 0) is 17.7 Å². The molecule has 0 N–H and O–H groups in total. The summed E-state index contributed by atoms with van der Waals surface area (Å²) in [6, 6.07) is 13.6. The molecule has 3 heterocycles. The molecule has 1 aliphatic rings. The molecule has 0 radical (unpaired) electrons. The molecule has 0 bridgehead atoms. The summed E-state index contributed by atoms with van der Waals surface area (Å²) in [5.74, 6) is 0.798. The topological polar surface area (TPSA) is 73.1 Å². The average Bonchev–Trinajstić information content (AvgIpc) is 3.13. The highest BCUT2D eigenvalue weighted by atomic mass is 32.2. The highest BCUT2D eigenvalue weighted by molar-refractivity contribution is 8.00. The lowest BCUT2D eigenvalue weighted by atomic mass is 10.1. The Bertz CT molecular complexity index is 926. The third-order valence-electron chi connectivity index (χ3n) is 4.63. The summed E-state index contributed by atoms with van der Waals surface area (Å²) >= 11 is 1.42. The summed E-state index contributed by atoms with van der Waals surface area (Å²) in [4.78, 5) is 19.3. The zero-order valence-corrected chi connectivity index (χ0v) is 16.4. The Morgan fingerprint density at radius 1 is 1.11 bits per heavy atom. The minimum atomic E-state index is -0.385. The van der Waals surface area contributed by atoms with Gasteiger partial charge in [0.1, 0.15) is 5.25 Å². The standard InChI is InChI=1S/C20H21N5O2S/c1-24-18(16-8-5-9-21-14-16)22-23-20(24)28-17(15-6-3-2-4-7-15)19(26)25-10-12-27-13-11-25/h2-9,14,17H,10-13H2,1H3/t17-/m1/s1. The molecule has 0 unspecified atom stereocenters. The molecule has 0 aliphatic carbocycles. The number of morpholine rings is 1. The van der Waals surface area contributed by atoms with Crippen molar-refractivity contribution in [2.75, 3.05) is 26.3 Å². The number of nitrogens with zero attached hydrogens (tertiary/aromatic N) is 5. The molecule has 1 saturated heterocycles. The van der Waals surface area contributed by atoms with Gasteiger partial charge in [-0.1, -0.05) is 42.1 Å². The van der Waals surface area contributed by atoms with Gasteiger partial charge in [0.2, 0.25) is 5.91 Å². The summed E-state index contributed by atoms with van der Waals surface area (Å²) in [7, 11) is 1.91. The Hall–Kier alpha value is -2.71. The first kappa shape index (κ1) is 18.6. The van der Waals surface area contributed by atoms with Gasteiger partial charge in [0.25, 0.3) is 0 Å². The van der Waals surface area contributed by atoms with Crippen LogP contribution in [0.25, 0.3) is 11.4 Å². The second-order valence-electron chi connectivity index (χ2n) is 6.45. The van der Waals surface area contributed by atoms with E-state index in [0.29, 0.717) is 31.5 Å². The molecule has 8 heteroatoms. The number of aromatic nitrogens is 4. The summed E-state index contributed by atoms with van der Waals surface area (Å²) in [5.41, 5.74) is 1.84. The summed E-state index contributed by atoms with van der Waals surface area (Å²) in [6.45, 7) is 2.38. The Morgan fingerprint density at radius 3 is 2.61 bits per heavy atom. The first-order valence-electron chi connectivity index (χ1n) is 9.12. The Kier molecular flexibility index (Phi) is 5.68. The van der Waals surface area contributed by atoms with Gasteiger partial charge in [0, 0.05) is 38.1 Å². The third kappa shape index (κ3) is 3.93. The predicted molar refractivity (Wildman–Crippen MR) is 107 cm³/mol. The molecular weight excluding hydrogens is 374 g/mol. The number of pyridine rings is 1. The maximum Gasteiger partial charge on any atom is 0.240 e. The number of hydrogen-bond acceptors (Lipinski definition) is 6. The van der Waals surface area contributed by atoms with E-state index < -0.39 is 0 Å². The molecule has 0 saturated carbocycles. The molecule has 1 aromatic carbocycles. The molecular formula is C20H21N5O2S. The van der Waals surface area contributed by atoms with Gasteiger partial charge < -0.3 is 14.2 Å². The van der Waals surface area contributed by atoms with Crippen molar-refractivity contribution in [3.05, 3.63) is 60.4 Å². The number of hydrogen-bond donors (Lipinski definition) is 0. The van der Waals surface area contributed by atoms with Gasteiger partial charge in [-0.3, -0.25) is 9.78 Å². The van der Waals surface area contributed by atoms with Crippen molar-refractivity contribution in [3.8, 4) is 11.4 Å². The fourth-order valence-corrected chi connectivity index (χ4v) is 4.19. The lowest BCUT2D eigenvalue weighted by Crippen LogP contribution is -2.42. The van der Waals surface area contributed by atoms with E-state index in [1.165, 1.54) is 11.8 Å². The highest BCUT2D eigenvalue weighted by Crippen LogP contribution is 2.36. The van der Waals surface area contributed by atoms with E-state index in [4.69, 9.17) is 4.74 Å². The van der Waals surface area contributed by atoms with Crippen LogP contribution < -0.4 is 0 Å². The lowest BCUT2D eigenvalue weighted by Gasteiger charge is -2.30. The van der Waals surface area contributed by atoms with Gasteiger partial charge in [0.05, 0.1) is 13.2 Å². The molecule has 1 fully saturated rings. The number of thioether (sulfide) groups is 1. The monoisotopic (exact) mass is 395 g/mol. The first-order chi connectivity index (χ1) is 13.7. The number of amides is 1. The van der Waals surface area contributed by atoms with Crippen molar-refractivity contribution in [2.24, 2.45) is 7.05 Å². The quantitative estimate of drug-likeness (QED) is 0.618. The summed E-state index contributed by atoms with van der Waals surface area (Å²) in [5, 5.41) is 8.95. The van der Waals surface area contributed by atoms with Crippen LogP contribution in [0.4, 0.5) is 0 Å². The molecule has 4 rings (SSSR count). The predicted octanol–water partition coefficient (Wildman–Crippen LogP) is 2.57. The maximum atomic E-state index is 13.3. The van der Waals surface area contributed by atoms with E-state index in [2.05, 4.69) is 15.2 Å². The van der Waals surface area contributed by atoms with Crippen molar-refractivity contribution in [1.29, 1.82) is 0 Å². The van der Waals surface area contributed by atoms with Crippen molar-refractivity contribution in [1.82, 2.24) is 24.6 Å². The van der Waals surface area contributed by atoms with Crippen LogP contribution >= 0.6 is 11.8 Å². The number of rotatable bonds is 5. The van der Waals surface area contributed by atoms with Gasteiger partial charge in [-0.15, -0.1) is 10.2 Å². The highest BCUT2D eigenvalue weighted by Gasteiger charge is 2.30. The van der Waals surface area contributed by atoms with E-state index in [1.54, 1.807) is 12.4 Å². The largest absolute Gasteiger partial charge is 0.378 e. The Morgan fingerprint density at radius 2 is 1.89 bits per heavy atom. The van der Waals surface area contributed by atoms with Crippen LogP contribution in [0, 0.1) is 0 Å². The van der Waals surface area contributed by atoms with Crippen molar-refractivity contribution < 1.29 is 9.53 Å². The van der Waals surface area contributed by atoms with Crippen molar-refractivity contribution >= 4 is 17.7 Å². The molecule has 1 atom stereocenters. The van der Waals surface area contributed by atoms with Gasteiger partial charge in [0.15, 0.2) is 11.0 Å². The van der Waals surface area contributed by atoms with Crippen LogP contribution in [-0.4, -0.2) is 56.9 Å². The number of carbonyl (C=O) groups excluding carboxylic acids is 1. The van der Waals surface area contributed by atoms with Crippen molar-refractivity contribution in [2.45, 2.75) is 10.4 Å². The normalized spacial score (nSPS) is 15.4. The van der Waals surface area contributed by atoms with E-state index in [1.807, 2.05) is 59.0 Å². The molecule has 2 aromatic heterocycles. The SMILES string of the molecule is Cn1c(S[C@@H](C(=O)N2CCOCC2)c2ccccc2)nnc1-c1cccnc1. The van der Waals surface area contributed by atoms with Crippen LogP contribution in [0.3, 0.4) is 0 Å². The summed E-state index contributed by atoms with van der Waals surface area (Å²) < 4.78 is 7.30. The zero-order valence-electron chi connectivity index (χ0n) is 15.6. The number of carbonyl (C=O) groups is 1. The number of benzene rings is 1. The fourth-order valence-electron chi connectivity index (χ4n) is 3.11. The molecule has 7 nitrogen and oxygen atoms in total. The van der Waals surface area contributed by atoms with Crippen molar-refractivity contribution in [3.63, 3.8) is 0 Å². The minimum absolute atomic E-state index is 0.0745.